The molecule has 0 unspecified atom stereocenters. The summed E-state index contributed by atoms with van der Waals surface area (Å²) in [6.45, 7) is 16.0. The van der Waals surface area contributed by atoms with Gasteiger partial charge < -0.3 is 5.32 Å². The van der Waals surface area contributed by atoms with E-state index in [-0.39, 0.29) is 17.9 Å². The van der Waals surface area contributed by atoms with Gasteiger partial charge in [-0.3, -0.25) is 14.6 Å². The van der Waals surface area contributed by atoms with E-state index >= 15 is 0 Å². The fraction of sp³-hybridized carbons (Fsp3) is 0.750. The highest BCUT2D eigenvalue weighted by molar-refractivity contribution is 6.07. The summed E-state index contributed by atoms with van der Waals surface area (Å²) in [5.41, 5.74) is 2.21. The maximum Gasteiger partial charge on any atom is 0.325 e. The molecule has 2 saturated heterocycles. The SMILES string of the molecule is C=C(C)CN1C(=O)N[C@](CC)(C2CCN(CC3=CC[C@H]4C[C@@H]3C4(C)C)CC2)C1=O. The van der Waals surface area contributed by atoms with Crippen molar-refractivity contribution in [3.8, 4) is 0 Å². The molecule has 0 aromatic rings. The Balaban J connectivity index is 1.39. The first-order valence-corrected chi connectivity index (χ1v) is 11.4. The van der Waals surface area contributed by atoms with Crippen LogP contribution in [0.1, 0.15) is 59.8 Å². The van der Waals surface area contributed by atoms with E-state index in [1.54, 1.807) is 5.57 Å². The highest BCUT2D eigenvalue weighted by Gasteiger charge is 2.55. The lowest BCUT2D eigenvalue weighted by Crippen LogP contribution is -2.56. The Kier molecular flexibility index (Phi) is 5.17. The summed E-state index contributed by atoms with van der Waals surface area (Å²) in [6, 6.07) is -0.253. The average Bonchev–Trinajstić information content (AvgIpc) is 2.93. The molecule has 3 atom stereocenters. The van der Waals surface area contributed by atoms with E-state index in [9.17, 15) is 9.59 Å². The zero-order valence-electron chi connectivity index (χ0n) is 18.6. The summed E-state index contributed by atoms with van der Waals surface area (Å²) in [6.07, 6.45) is 7.69. The van der Waals surface area contributed by atoms with Crippen LogP contribution < -0.4 is 5.32 Å². The number of nitrogens with zero attached hydrogens (tertiary/aromatic N) is 2. The molecule has 0 spiro atoms. The molecule has 5 rings (SSSR count). The van der Waals surface area contributed by atoms with Crippen LogP contribution in [-0.4, -0.2) is 53.5 Å². The number of imide groups is 1. The smallest absolute Gasteiger partial charge is 0.323 e. The van der Waals surface area contributed by atoms with Crippen molar-refractivity contribution >= 4 is 11.9 Å². The van der Waals surface area contributed by atoms with Crippen LogP contribution in [0.15, 0.2) is 23.8 Å². The molecular weight excluding hydrogens is 362 g/mol. The van der Waals surface area contributed by atoms with Crippen LogP contribution in [0.2, 0.25) is 0 Å². The monoisotopic (exact) mass is 399 g/mol. The van der Waals surface area contributed by atoms with Crippen molar-refractivity contribution < 1.29 is 9.59 Å². The third kappa shape index (κ3) is 3.26. The summed E-state index contributed by atoms with van der Waals surface area (Å²) < 4.78 is 0. The van der Waals surface area contributed by atoms with E-state index in [0.717, 1.165) is 49.9 Å². The van der Waals surface area contributed by atoms with Crippen LogP contribution in [0.25, 0.3) is 0 Å². The second-order valence-corrected chi connectivity index (χ2v) is 10.5. The third-order valence-electron chi connectivity index (χ3n) is 8.46. The number of likely N-dealkylation sites (tertiary alicyclic amines) is 1. The molecule has 3 aliphatic carbocycles. The van der Waals surface area contributed by atoms with Crippen molar-refractivity contribution in [1.29, 1.82) is 0 Å². The normalized spacial score (nSPS) is 34.6. The summed E-state index contributed by atoms with van der Waals surface area (Å²) in [7, 11) is 0. The van der Waals surface area contributed by atoms with Gasteiger partial charge in [0.2, 0.25) is 0 Å². The van der Waals surface area contributed by atoms with Crippen LogP contribution in [0.4, 0.5) is 4.79 Å². The number of urea groups is 1. The van der Waals surface area contributed by atoms with Gasteiger partial charge in [0.15, 0.2) is 0 Å². The van der Waals surface area contributed by atoms with Crippen molar-refractivity contribution in [3.05, 3.63) is 23.8 Å². The van der Waals surface area contributed by atoms with Gasteiger partial charge in [0.05, 0.1) is 6.54 Å². The fourth-order valence-electron chi connectivity index (χ4n) is 6.36. The minimum Gasteiger partial charge on any atom is -0.323 e. The number of hydrogen-bond acceptors (Lipinski definition) is 3. The molecule has 29 heavy (non-hydrogen) atoms. The molecular formula is C24H37N3O2. The molecule has 5 aliphatic rings. The molecule has 2 heterocycles. The molecule has 1 saturated carbocycles. The van der Waals surface area contributed by atoms with E-state index in [1.807, 2.05) is 13.8 Å². The zero-order valence-corrected chi connectivity index (χ0v) is 18.6. The van der Waals surface area contributed by atoms with E-state index in [0.29, 0.717) is 18.4 Å². The van der Waals surface area contributed by atoms with Gasteiger partial charge in [-0.1, -0.05) is 44.6 Å². The Morgan fingerprint density at radius 3 is 2.48 bits per heavy atom. The third-order valence-corrected chi connectivity index (χ3v) is 8.46. The molecule has 1 N–H and O–H groups in total. The topological polar surface area (TPSA) is 52.7 Å². The standard InChI is InChI=1S/C24H37N3O2/c1-6-24(21(28)27(14-16(2)3)22(29)25-24)18-9-11-26(12-10-18)15-17-7-8-19-13-20(17)23(19,4)5/h7,18-20H,2,6,8-15H2,1,3-5H3,(H,25,29)/t19-,20-,24+/m0/s1. The maximum absolute atomic E-state index is 13.2. The Morgan fingerprint density at radius 1 is 1.24 bits per heavy atom. The molecule has 3 amide bonds. The highest BCUT2D eigenvalue weighted by atomic mass is 16.2. The van der Waals surface area contributed by atoms with Crippen LogP contribution >= 0.6 is 0 Å². The molecule has 5 heteroatoms. The fourth-order valence-corrected chi connectivity index (χ4v) is 6.36. The number of piperidine rings is 1. The molecule has 5 nitrogen and oxygen atoms in total. The second-order valence-electron chi connectivity index (χ2n) is 10.5. The Morgan fingerprint density at radius 2 is 1.93 bits per heavy atom. The van der Waals surface area contributed by atoms with Gasteiger partial charge in [0.1, 0.15) is 5.54 Å². The van der Waals surface area contributed by atoms with E-state index in [2.05, 4.69) is 36.7 Å². The molecule has 3 fully saturated rings. The maximum atomic E-state index is 13.2. The molecule has 2 aliphatic heterocycles. The minimum atomic E-state index is -0.730. The minimum absolute atomic E-state index is 0.0521. The Hall–Kier alpha value is -1.62. The predicted molar refractivity (Wildman–Crippen MR) is 115 cm³/mol. The lowest BCUT2D eigenvalue weighted by Gasteiger charge is -2.57. The van der Waals surface area contributed by atoms with Crippen molar-refractivity contribution in [2.24, 2.45) is 23.2 Å². The number of hydrogen-bond donors (Lipinski definition) is 1. The van der Waals surface area contributed by atoms with Gasteiger partial charge in [-0.2, -0.15) is 0 Å². The van der Waals surface area contributed by atoms with Gasteiger partial charge in [-0.15, -0.1) is 0 Å². The predicted octanol–water partition coefficient (Wildman–Crippen LogP) is 3.97. The van der Waals surface area contributed by atoms with Gasteiger partial charge in [0, 0.05) is 6.54 Å². The van der Waals surface area contributed by atoms with Crippen LogP contribution in [0.5, 0.6) is 0 Å². The summed E-state index contributed by atoms with van der Waals surface area (Å²) in [5.74, 6) is 1.79. The number of nitrogens with one attached hydrogen (secondary N) is 1. The number of allylic oxidation sites excluding steroid dienone is 1. The number of carbonyl (C=O) groups excluding carboxylic acids is 2. The Labute approximate surface area is 175 Å². The number of amides is 3. The quantitative estimate of drug-likeness (QED) is 0.543. The largest absolute Gasteiger partial charge is 0.325 e. The van der Waals surface area contributed by atoms with Crippen molar-refractivity contribution in [2.75, 3.05) is 26.2 Å². The van der Waals surface area contributed by atoms with E-state index in [4.69, 9.17) is 0 Å². The number of fused-ring (bicyclic) bond motifs is 1. The first-order valence-electron chi connectivity index (χ1n) is 11.4. The van der Waals surface area contributed by atoms with Gasteiger partial charge in [0.25, 0.3) is 5.91 Å². The van der Waals surface area contributed by atoms with Gasteiger partial charge >= 0.3 is 6.03 Å². The summed E-state index contributed by atoms with van der Waals surface area (Å²) >= 11 is 0. The molecule has 0 radical (unpaired) electrons. The summed E-state index contributed by atoms with van der Waals surface area (Å²) in [4.78, 5) is 29.6. The summed E-state index contributed by atoms with van der Waals surface area (Å²) in [5, 5.41) is 3.08. The van der Waals surface area contributed by atoms with E-state index < -0.39 is 5.54 Å². The van der Waals surface area contributed by atoms with Crippen LogP contribution in [-0.2, 0) is 4.79 Å². The molecule has 0 aromatic carbocycles. The molecule has 2 bridgehead atoms. The number of carbonyl (C=O) groups is 2. The van der Waals surface area contributed by atoms with Gasteiger partial charge in [-0.25, -0.2) is 4.79 Å². The van der Waals surface area contributed by atoms with Crippen LogP contribution in [0.3, 0.4) is 0 Å². The highest BCUT2D eigenvalue weighted by Crippen LogP contribution is 2.59. The first-order chi connectivity index (χ1) is 13.7. The first kappa shape index (κ1) is 20.6. The van der Waals surface area contributed by atoms with Crippen molar-refractivity contribution in [3.63, 3.8) is 0 Å². The number of rotatable bonds is 6. The Bertz CT molecular complexity index is 747. The van der Waals surface area contributed by atoms with Crippen molar-refractivity contribution in [1.82, 2.24) is 15.1 Å². The van der Waals surface area contributed by atoms with E-state index in [1.165, 1.54) is 17.7 Å². The van der Waals surface area contributed by atoms with Crippen molar-refractivity contribution in [2.45, 2.75) is 65.3 Å². The lowest BCUT2D eigenvalue weighted by atomic mass is 9.49. The molecule has 0 aromatic heterocycles. The van der Waals surface area contributed by atoms with Crippen LogP contribution in [0, 0.1) is 23.2 Å². The lowest BCUT2D eigenvalue weighted by molar-refractivity contribution is -0.133. The van der Waals surface area contributed by atoms with Gasteiger partial charge in [-0.05, 0) is 75.3 Å². The molecule has 160 valence electrons. The second kappa shape index (κ2) is 7.26. The zero-order chi connectivity index (χ0) is 21.0. The average molecular weight is 400 g/mol.